The zero-order valence-corrected chi connectivity index (χ0v) is 18.9. The number of oxime groups is 1. The highest BCUT2D eigenvalue weighted by molar-refractivity contribution is 5.84. The van der Waals surface area contributed by atoms with E-state index < -0.39 is 0 Å². The quantitative estimate of drug-likeness (QED) is 0.191. The Morgan fingerprint density at radius 2 is 1.50 bits per heavy atom. The summed E-state index contributed by atoms with van der Waals surface area (Å²) in [5.41, 5.74) is 2.69. The first kappa shape index (κ1) is 24.5. The third-order valence-electron chi connectivity index (χ3n) is 5.49. The molecule has 160 valence electrons. The molecule has 0 unspecified atom stereocenters. The Labute approximate surface area is 172 Å². The molecule has 1 aromatic carbocycles. The highest BCUT2D eigenvalue weighted by Crippen LogP contribution is 2.30. The maximum atomic E-state index is 10.8. The van der Waals surface area contributed by atoms with Crippen molar-refractivity contribution < 1.29 is 15.2 Å². The van der Waals surface area contributed by atoms with Crippen LogP contribution in [0.3, 0.4) is 0 Å². The number of aromatic hydroxyl groups is 1. The minimum absolute atomic E-state index is 0.0249. The molecule has 0 heterocycles. The molecule has 0 fully saturated rings. The number of phenolic OH excluding ortho intramolecular Hbond substituents is 1. The van der Waals surface area contributed by atoms with Crippen LogP contribution >= 0.6 is 0 Å². The van der Waals surface area contributed by atoms with Gasteiger partial charge < -0.3 is 15.2 Å². The topological polar surface area (TPSA) is 57.3 Å². The van der Waals surface area contributed by atoms with Gasteiger partial charge in [0.1, 0.15) is 12.3 Å². The second-order valence-electron chi connectivity index (χ2n) is 9.12. The van der Waals surface area contributed by atoms with E-state index in [1.54, 1.807) is 4.90 Å². The number of nitrogens with zero attached hydrogens (tertiary/aromatic N) is 1. The van der Waals surface area contributed by atoms with Crippen LogP contribution in [0.4, 0.5) is 0 Å². The number of phenols is 1. The molecule has 0 atom stereocenters. The Morgan fingerprint density at radius 3 is 1.96 bits per heavy atom. The monoisotopic (exact) mass is 391 g/mol. The molecule has 0 aromatic heterocycles. The summed E-state index contributed by atoms with van der Waals surface area (Å²) in [4.78, 5) is 1.54. The lowest BCUT2D eigenvalue weighted by molar-refractivity contribution is -0.914. The fourth-order valence-corrected chi connectivity index (χ4v) is 3.62. The summed E-state index contributed by atoms with van der Waals surface area (Å²) in [7, 11) is 0. The molecule has 0 aliphatic carbocycles. The fraction of sp³-hybridized carbons (Fsp3) is 0.708. The standard InChI is InChI=1S/C24H42N2O2/c1-6-8-10-12-14-26(15-13-11-9-7-2)19-21-17-22(24(3,4)5)16-20(18-25-28)23(21)27/h16-18,27-28H,6-15,19H2,1-5H3/p+1/b25-18-. The van der Waals surface area contributed by atoms with Gasteiger partial charge in [-0.2, -0.15) is 0 Å². The van der Waals surface area contributed by atoms with E-state index in [0.717, 1.165) is 30.8 Å². The largest absolute Gasteiger partial charge is 0.507 e. The maximum Gasteiger partial charge on any atom is 0.133 e. The Hall–Kier alpha value is -1.55. The molecular weight excluding hydrogens is 348 g/mol. The van der Waals surface area contributed by atoms with Crippen molar-refractivity contribution in [3.63, 3.8) is 0 Å². The van der Waals surface area contributed by atoms with Gasteiger partial charge >= 0.3 is 0 Å². The van der Waals surface area contributed by atoms with E-state index >= 15 is 0 Å². The van der Waals surface area contributed by atoms with Gasteiger partial charge in [0.2, 0.25) is 0 Å². The molecule has 0 amide bonds. The van der Waals surface area contributed by atoms with Crippen molar-refractivity contribution in [2.75, 3.05) is 13.1 Å². The summed E-state index contributed by atoms with van der Waals surface area (Å²) >= 11 is 0. The van der Waals surface area contributed by atoms with E-state index in [1.807, 2.05) is 6.07 Å². The van der Waals surface area contributed by atoms with Crippen LogP contribution in [0.15, 0.2) is 17.3 Å². The molecule has 0 aliphatic heterocycles. The SMILES string of the molecule is CCCCCC[NH+](CCCCCC)Cc1cc(C(C)(C)C)cc(/C=N\O)c1O. The third kappa shape index (κ3) is 8.64. The van der Waals surface area contributed by atoms with E-state index in [4.69, 9.17) is 5.21 Å². The highest BCUT2D eigenvalue weighted by Gasteiger charge is 2.21. The van der Waals surface area contributed by atoms with Crippen LogP contribution in [0.25, 0.3) is 0 Å². The summed E-state index contributed by atoms with van der Waals surface area (Å²) in [6.07, 6.45) is 11.5. The molecule has 1 rings (SSSR count). The van der Waals surface area contributed by atoms with Gasteiger partial charge in [0.05, 0.1) is 19.3 Å². The van der Waals surface area contributed by atoms with Crippen LogP contribution < -0.4 is 4.90 Å². The summed E-state index contributed by atoms with van der Waals surface area (Å²) in [6.45, 7) is 14.1. The Kier molecular flexibility index (Phi) is 11.2. The van der Waals surface area contributed by atoms with Crippen LogP contribution in [-0.4, -0.2) is 29.6 Å². The van der Waals surface area contributed by atoms with Crippen molar-refractivity contribution in [2.24, 2.45) is 5.16 Å². The lowest BCUT2D eigenvalue weighted by atomic mass is 9.84. The van der Waals surface area contributed by atoms with Crippen LogP contribution in [0, 0.1) is 0 Å². The second kappa shape index (κ2) is 12.8. The maximum absolute atomic E-state index is 10.8. The summed E-state index contributed by atoms with van der Waals surface area (Å²) < 4.78 is 0. The summed E-state index contributed by atoms with van der Waals surface area (Å²) in [6, 6.07) is 4.07. The van der Waals surface area contributed by atoms with Crippen molar-refractivity contribution >= 4 is 6.21 Å². The minimum atomic E-state index is -0.0249. The van der Waals surface area contributed by atoms with Crippen molar-refractivity contribution in [1.29, 1.82) is 0 Å². The number of nitrogens with one attached hydrogen (secondary N) is 1. The van der Waals surface area contributed by atoms with Gasteiger partial charge in [-0.05, 0) is 48.8 Å². The predicted octanol–water partition coefficient (Wildman–Crippen LogP) is 5.04. The van der Waals surface area contributed by atoms with Gasteiger partial charge in [-0.15, -0.1) is 0 Å². The second-order valence-corrected chi connectivity index (χ2v) is 9.12. The zero-order valence-electron chi connectivity index (χ0n) is 18.9. The first-order chi connectivity index (χ1) is 13.3. The van der Waals surface area contributed by atoms with E-state index in [0.29, 0.717) is 5.56 Å². The van der Waals surface area contributed by atoms with E-state index in [9.17, 15) is 5.11 Å². The molecule has 3 N–H and O–H groups in total. The molecule has 0 saturated carbocycles. The van der Waals surface area contributed by atoms with E-state index in [1.165, 1.54) is 57.6 Å². The number of unbranched alkanes of at least 4 members (excludes halogenated alkanes) is 6. The Balaban J connectivity index is 3.00. The predicted molar refractivity (Wildman–Crippen MR) is 119 cm³/mol. The number of hydrogen-bond acceptors (Lipinski definition) is 3. The van der Waals surface area contributed by atoms with Crippen molar-refractivity contribution in [2.45, 2.75) is 97.9 Å². The van der Waals surface area contributed by atoms with E-state index in [2.05, 4.69) is 45.8 Å². The van der Waals surface area contributed by atoms with Crippen LogP contribution in [0.5, 0.6) is 5.75 Å². The Morgan fingerprint density at radius 1 is 0.929 bits per heavy atom. The van der Waals surface area contributed by atoms with Crippen LogP contribution in [-0.2, 0) is 12.0 Å². The molecule has 1 aromatic rings. The molecular formula is C24H43N2O2+. The van der Waals surface area contributed by atoms with Crippen molar-refractivity contribution in [3.8, 4) is 5.75 Å². The average Bonchev–Trinajstić information content (AvgIpc) is 2.64. The Bertz CT molecular complexity index is 579. The van der Waals surface area contributed by atoms with Gasteiger partial charge in [-0.3, -0.25) is 0 Å². The van der Waals surface area contributed by atoms with Gasteiger partial charge in [0.25, 0.3) is 0 Å². The average molecular weight is 392 g/mol. The van der Waals surface area contributed by atoms with Gasteiger partial charge in [0, 0.05) is 11.1 Å². The molecule has 0 saturated heterocycles. The number of quaternary nitrogens is 1. The molecule has 0 radical (unpaired) electrons. The third-order valence-corrected chi connectivity index (χ3v) is 5.49. The first-order valence-corrected chi connectivity index (χ1v) is 11.2. The zero-order chi connectivity index (χ0) is 21.0. The summed E-state index contributed by atoms with van der Waals surface area (Å²) in [5.74, 6) is 0.255. The molecule has 28 heavy (non-hydrogen) atoms. The van der Waals surface area contributed by atoms with Crippen LogP contribution in [0.2, 0.25) is 0 Å². The summed E-state index contributed by atoms with van der Waals surface area (Å²) in [5, 5.41) is 22.9. The van der Waals surface area contributed by atoms with Gasteiger partial charge in [0.15, 0.2) is 0 Å². The highest BCUT2D eigenvalue weighted by atomic mass is 16.4. The molecule has 4 heteroatoms. The molecule has 0 bridgehead atoms. The van der Waals surface area contributed by atoms with Gasteiger partial charge in [-0.25, -0.2) is 0 Å². The van der Waals surface area contributed by atoms with Crippen molar-refractivity contribution in [3.05, 3.63) is 28.8 Å². The van der Waals surface area contributed by atoms with Gasteiger partial charge in [-0.1, -0.05) is 65.5 Å². The minimum Gasteiger partial charge on any atom is -0.507 e. The first-order valence-electron chi connectivity index (χ1n) is 11.2. The molecule has 0 aliphatic rings. The van der Waals surface area contributed by atoms with Crippen LogP contribution in [0.1, 0.15) is 103 Å². The number of benzene rings is 1. The van der Waals surface area contributed by atoms with E-state index in [-0.39, 0.29) is 11.2 Å². The smallest absolute Gasteiger partial charge is 0.133 e. The molecule has 4 nitrogen and oxygen atoms in total. The van der Waals surface area contributed by atoms with Crippen molar-refractivity contribution in [1.82, 2.24) is 0 Å². The molecule has 0 spiro atoms. The number of hydrogen-bond donors (Lipinski definition) is 3. The lowest BCUT2D eigenvalue weighted by Crippen LogP contribution is -3.10. The lowest BCUT2D eigenvalue weighted by Gasteiger charge is -2.24. The number of rotatable bonds is 13. The fourth-order valence-electron chi connectivity index (χ4n) is 3.62. The normalized spacial score (nSPS) is 12.4.